The van der Waals surface area contributed by atoms with Gasteiger partial charge in [-0.15, -0.1) is 0 Å². The molecule has 0 unspecified atom stereocenters. The van der Waals surface area contributed by atoms with Crippen LogP contribution in [0.3, 0.4) is 0 Å². The van der Waals surface area contributed by atoms with Gasteiger partial charge in [-0.05, 0) is 49.6 Å². The first-order chi connectivity index (χ1) is 10.9. The number of ketones is 1. The fraction of sp³-hybridized carbons (Fsp3) is 0.235. The van der Waals surface area contributed by atoms with Gasteiger partial charge in [0, 0.05) is 12.1 Å². The highest BCUT2D eigenvalue weighted by molar-refractivity contribution is 7.89. The van der Waals surface area contributed by atoms with Crippen molar-refractivity contribution >= 4 is 15.8 Å². The van der Waals surface area contributed by atoms with Gasteiger partial charge in [-0.2, -0.15) is 0 Å². The Morgan fingerprint density at radius 1 is 1.04 bits per heavy atom. The Bertz CT molecular complexity index is 765. The van der Waals surface area contributed by atoms with E-state index in [0.717, 1.165) is 5.56 Å². The summed E-state index contributed by atoms with van der Waals surface area (Å²) in [5.41, 5.74) is 1.52. The average Bonchev–Trinajstić information content (AvgIpc) is 2.53. The van der Waals surface area contributed by atoms with E-state index >= 15 is 0 Å². The number of carbonyl (C=O) groups is 1. The second-order valence-corrected chi connectivity index (χ2v) is 7.02. The maximum Gasteiger partial charge on any atom is 0.240 e. The zero-order chi connectivity index (χ0) is 16.9. The van der Waals surface area contributed by atoms with Gasteiger partial charge in [0.05, 0.1) is 4.90 Å². The van der Waals surface area contributed by atoms with Gasteiger partial charge < -0.3 is 5.11 Å². The molecule has 2 rings (SSSR count). The van der Waals surface area contributed by atoms with Crippen molar-refractivity contribution in [3.63, 3.8) is 0 Å². The number of hydrogen-bond acceptors (Lipinski definition) is 4. The molecule has 0 aliphatic heterocycles. The van der Waals surface area contributed by atoms with Gasteiger partial charge in [0.2, 0.25) is 10.0 Å². The van der Waals surface area contributed by atoms with Crippen molar-refractivity contribution in [2.24, 2.45) is 0 Å². The number of phenolic OH excluding ortho intramolecular Hbond substituents is 1. The molecule has 2 N–H and O–H groups in total. The standard InChI is InChI=1S/C17H19NO4S/c1-13(19)15-6-10-17(11-7-15)23(21,22)18-12-2-3-14-4-8-16(20)9-5-14/h4-11,18,20H,2-3,12H2,1H3. The molecule has 0 spiro atoms. The predicted octanol–water partition coefficient (Wildman–Crippen LogP) is 2.51. The summed E-state index contributed by atoms with van der Waals surface area (Å²) >= 11 is 0. The molecule has 23 heavy (non-hydrogen) atoms. The summed E-state index contributed by atoms with van der Waals surface area (Å²) in [6.45, 7) is 1.75. The predicted molar refractivity (Wildman–Crippen MR) is 88.1 cm³/mol. The molecule has 0 radical (unpaired) electrons. The maximum absolute atomic E-state index is 12.1. The molecule has 2 aromatic carbocycles. The molecular weight excluding hydrogens is 314 g/mol. The van der Waals surface area contributed by atoms with E-state index < -0.39 is 10.0 Å². The summed E-state index contributed by atoms with van der Waals surface area (Å²) in [5, 5.41) is 9.20. The zero-order valence-electron chi connectivity index (χ0n) is 12.8. The number of sulfonamides is 1. The number of rotatable bonds is 7. The summed E-state index contributed by atoms with van der Waals surface area (Å²) in [7, 11) is -3.57. The molecule has 0 aromatic heterocycles. The Morgan fingerprint density at radius 2 is 1.65 bits per heavy atom. The largest absolute Gasteiger partial charge is 0.508 e. The second kappa shape index (κ2) is 7.39. The van der Waals surface area contributed by atoms with Crippen LogP contribution in [0.2, 0.25) is 0 Å². The molecule has 6 heteroatoms. The van der Waals surface area contributed by atoms with E-state index in [1.54, 1.807) is 12.1 Å². The van der Waals surface area contributed by atoms with Crippen LogP contribution in [0.15, 0.2) is 53.4 Å². The Labute approximate surface area is 136 Å². The number of phenols is 1. The number of nitrogens with one attached hydrogen (secondary N) is 1. The summed E-state index contributed by atoms with van der Waals surface area (Å²) in [5.74, 6) is 0.110. The van der Waals surface area contributed by atoms with Gasteiger partial charge in [0.15, 0.2) is 5.78 Å². The Kier molecular flexibility index (Phi) is 5.52. The van der Waals surface area contributed by atoms with E-state index in [4.69, 9.17) is 0 Å². The molecule has 0 fully saturated rings. The van der Waals surface area contributed by atoms with Crippen LogP contribution in [-0.2, 0) is 16.4 Å². The van der Waals surface area contributed by atoms with E-state index in [2.05, 4.69) is 4.72 Å². The number of Topliss-reactive ketones (excluding diaryl/α,β-unsaturated/α-hetero) is 1. The molecular formula is C17H19NO4S. The molecule has 0 amide bonds. The third-order valence-electron chi connectivity index (χ3n) is 3.44. The van der Waals surface area contributed by atoms with Gasteiger partial charge in [-0.3, -0.25) is 4.79 Å². The lowest BCUT2D eigenvalue weighted by molar-refractivity contribution is 0.101. The smallest absolute Gasteiger partial charge is 0.240 e. The Hall–Kier alpha value is -2.18. The van der Waals surface area contributed by atoms with Gasteiger partial charge in [0.25, 0.3) is 0 Å². The summed E-state index contributed by atoms with van der Waals surface area (Å²) < 4.78 is 26.8. The SMILES string of the molecule is CC(=O)c1ccc(S(=O)(=O)NCCCc2ccc(O)cc2)cc1. The lowest BCUT2D eigenvalue weighted by Crippen LogP contribution is -2.25. The van der Waals surface area contributed by atoms with Crippen LogP contribution in [0, 0.1) is 0 Å². The minimum Gasteiger partial charge on any atom is -0.508 e. The van der Waals surface area contributed by atoms with Crippen molar-refractivity contribution in [2.75, 3.05) is 6.54 Å². The normalized spacial score (nSPS) is 11.3. The molecule has 0 saturated heterocycles. The number of hydrogen-bond donors (Lipinski definition) is 2. The molecule has 122 valence electrons. The van der Waals surface area contributed by atoms with Crippen LogP contribution in [0.1, 0.15) is 29.3 Å². The van der Waals surface area contributed by atoms with E-state index in [1.807, 2.05) is 12.1 Å². The van der Waals surface area contributed by atoms with Crippen molar-refractivity contribution in [2.45, 2.75) is 24.7 Å². The highest BCUT2D eigenvalue weighted by Gasteiger charge is 2.13. The summed E-state index contributed by atoms with van der Waals surface area (Å²) in [4.78, 5) is 11.3. The fourth-order valence-corrected chi connectivity index (χ4v) is 3.19. The van der Waals surface area contributed by atoms with Crippen molar-refractivity contribution in [3.05, 3.63) is 59.7 Å². The third kappa shape index (κ3) is 4.91. The first kappa shape index (κ1) is 17.2. The van der Waals surface area contributed by atoms with Crippen molar-refractivity contribution in [1.82, 2.24) is 4.72 Å². The Balaban J connectivity index is 1.88. The number of aromatic hydroxyl groups is 1. The van der Waals surface area contributed by atoms with Crippen LogP contribution in [-0.4, -0.2) is 25.9 Å². The molecule has 0 saturated carbocycles. The van der Waals surface area contributed by atoms with E-state index in [9.17, 15) is 18.3 Å². The molecule has 0 aliphatic carbocycles. The van der Waals surface area contributed by atoms with Crippen LogP contribution < -0.4 is 4.72 Å². The van der Waals surface area contributed by atoms with Crippen molar-refractivity contribution in [3.8, 4) is 5.75 Å². The number of benzene rings is 2. The van der Waals surface area contributed by atoms with Gasteiger partial charge in [-0.1, -0.05) is 24.3 Å². The molecule has 5 nitrogen and oxygen atoms in total. The number of aryl methyl sites for hydroxylation is 1. The lowest BCUT2D eigenvalue weighted by Gasteiger charge is -2.07. The molecule has 0 atom stereocenters. The van der Waals surface area contributed by atoms with E-state index in [-0.39, 0.29) is 16.4 Å². The van der Waals surface area contributed by atoms with Crippen molar-refractivity contribution in [1.29, 1.82) is 0 Å². The van der Waals surface area contributed by atoms with E-state index in [1.165, 1.54) is 31.2 Å². The first-order valence-corrected chi connectivity index (χ1v) is 8.75. The highest BCUT2D eigenvalue weighted by atomic mass is 32.2. The van der Waals surface area contributed by atoms with Crippen LogP contribution in [0.4, 0.5) is 0 Å². The van der Waals surface area contributed by atoms with Gasteiger partial charge in [-0.25, -0.2) is 13.1 Å². The Morgan fingerprint density at radius 3 is 2.22 bits per heavy atom. The van der Waals surface area contributed by atoms with Gasteiger partial charge >= 0.3 is 0 Å². The van der Waals surface area contributed by atoms with Crippen LogP contribution in [0.5, 0.6) is 5.75 Å². The third-order valence-corrected chi connectivity index (χ3v) is 4.92. The lowest BCUT2D eigenvalue weighted by atomic mass is 10.1. The minimum absolute atomic E-state index is 0.101. The van der Waals surface area contributed by atoms with Crippen molar-refractivity contribution < 1.29 is 18.3 Å². The quantitative estimate of drug-likeness (QED) is 0.602. The second-order valence-electron chi connectivity index (χ2n) is 5.25. The summed E-state index contributed by atoms with van der Waals surface area (Å²) in [6.07, 6.45) is 1.36. The van der Waals surface area contributed by atoms with Gasteiger partial charge in [0.1, 0.15) is 5.75 Å². The first-order valence-electron chi connectivity index (χ1n) is 7.27. The minimum atomic E-state index is -3.57. The monoisotopic (exact) mass is 333 g/mol. The molecule has 0 aliphatic rings. The summed E-state index contributed by atoms with van der Waals surface area (Å²) in [6, 6.07) is 12.7. The zero-order valence-corrected chi connectivity index (χ0v) is 13.6. The molecule has 0 heterocycles. The molecule has 2 aromatic rings. The number of carbonyl (C=O) groups excluding carboxylic acids is 1. The average molecular weight is 333 g/mol. The molecule has 0 bridgehead atoms. The van der Waals surface area contributed by atoms with Crippen LogP contribution in [0.25, 0.3) is 0 Å². The topological polar surface area (TPSA) is 83.5 Å². The van der Waals surface area contributed by atoms with Crippen LogP contribution >= 0.6 is 0 Å². The van der Waals surface area contributed by atoms with E-state index in [0.29, 0.717) is 24.9 Å². The maximum atomic E-state index is 12.1. The fourth-order valence-electron chi connectivity index (χ4n) is 2.11. The highest BCUT2D eigenvalue weighted by Crippen LogP contribution is 2.12.